The van der Waals surface area contributed by atoms with E-state index in [2.05, 4.69) is 10.5 Å². The normalized spacial score (nSPS) is 11.5. The molecule has 10 heteroatoms. The van der Waals surface area contributed by atoms with E-state index in [0.29, 0.717) is 23.8 Å². The molecule has 0 aromatic heterocycles. The molecular formula is C26H29N3O6S. The molecule has 3 rings (SSSR count). The number of ether oxygens (including phenoxy) is 3. The summed E-state index contributed by atoms with van der Waals surface area (Å²) in [6.45, 7) is 3.72. The highest BCUT2D eigenvalue weighted by Gasteiger charge is 2.28. The lowest BCUT2D eigenvalue weighted by Crippen LogP contribution is -2.39. The first-order valence-corrected chi connectivity index (χ1v) is 12.6. The van der Waals surface area contributed by atoms with E-state index in [1.165, 1.54) is 32.4 Å². The van der Waals surface area contributed by atoms with Gasteiger partial charge in [-0.1, -0.05) is 18.2 Å². The summed E-state index contributed by atoms with van der Waals surface area (Å²) in [6, 6.07) is 19.9. The largest absolute Gasteiger partial charge is 0.494 e. The van der Waals surface area contributed by atoms with E-state index in [9.17, 15) is 13.2 Å². The molecule has 0 spiro atoms. The number of para-hydroxylation sites is 1. The zero-order valence-electron chi connectivity index (χ0n) is 20.6. The molecule has 1 N–H and O–H groups in total. The van der Waals surface area contributed by atoms with E-state index in [-0.39, 0.29) is 10.6 Å². The van der Waals surface area contributed by atoms with Gasteiger partial charge in [0.2, 0.25) is 0 Å². The molecule has 0 bridgehead atoms. The Morgan fingerprint density at radius 1 is 0.944 bits per heavy atom. The van der Waals surface area contributed by atoms with Crippen LogP contribution in [0, 0.1) is 0 Å². The SMILES string of the molecule is CCOc1ccc(/C(C)=N\NC(=O)CN(c2ccccc2)S(=O)(=O)c2ccc(OC)c(OC)c2)cc1. The molecule has 1 amide bonds. The van der Waals surface area contributed by atoms with Crippen LogP contribution in [0.4, 0.5) is 5.69 Å². The Morgan fingerprint density at radius 2 is 1.61 bits per heavy atom. The summed E-state index contributed by atoms with van der Waals surface area (Å²) in [4.78, 5) is 12.8. The van der Waals surface area contributed by atoms with Gasteiger partial charge in [0, 0.05) is 6.07 Å². The Balaban J connectivity index is 1.84. The van der Waals surface area contributed by atoms with Gasteiger partial charge in [-0.2, -0.15) is 5.10 Å². The van der Waals surface area contributed by atoms with Crippen molar-refractivity contribution in [2.75, 3.05) is 31.7 Å². The highest BCUT2D eigenvalue weighted by Crippen LogP contribution is 2.32. The van der Waals surface area contributed by atoms with Crippen molar-refractivity contribution in [1.82, 2.24) is 5.43 Å². The molecule has 0 saturated carbocycles. The van der Waals surface area contributed by atoms with Crippen molar-refractivity contribution in [2.45, 2.75) is 18.7 Å². The van der Waals surface area contributed by atoms with Crippen LogP contribution >= 0.6 is 0 Å². The van der Waals surface area contributed by atoms with E-state index in [4.69, 9.17) is 14.2 Å². The molecule has 190 valence electrons. The van der Waals surface area contributed by atoms with Crippen LogP contribution in [-0.2, 0) is 14.8 Å². The second-order valence-electron chi connectivity index (χ2n) is 7.55. The Labute approximate surface area is 211 Å². The predicted molar refractivity (Wildman–Crippen MR) is 138 cm³/mol. The molecule has 0 heterocycles. The standard InChI is InChI=1S/C26H29N3O6S/c1-5-35-22-13-11-20(12-14-22)19(2)27-28-26(30)18-29(21-9-7-6-8-10-21)36(31,32)23-15-16-24(33-3)25(17-23)34-4/h6-17H,5,18H2,1-4H3,(H,28,30)/b27-19-. The first-order valence-electron chi connectivity index (χ1n) is 11.2. The summed E-state index contributed by atoms with van der Waals surface area (Å²) >= 11 is 0. The number of carbonyl (C=O) groups excluding carboxylic acids is 1. The summed E-state index contributed by atoms with van der Waals surface area (Å²) < 4.78 is 44.1. The first kappa shape index (κ1) is 26.6. The third kappa shape index (κ3) is 6.33. The van der Waals surface area contributed by atoms with Gasteiger partial charge in [-0.3, -0.25) is 9.10 Å². The van der Waals surface area contributed by atoms with Gasteiger partial charge < -0.3 is 14.2 Å². The Bertz CT molecular complexity index is 1310. The molecule has 0 radical (unpaired) electrons. The van der Waals surface area contributed by atoms with Crippen LogP contribution < -0.4 is 23.9 Å². The van der Waals surface area contributed by atoms with Gasteiger partial charge in [0.15, 0.2) is 11.5 Å². The zero-order chi connectivity index (χ0) is 26.1. The van der Waals surface area contributed by atoms with Crippen molar-refractivity contribution in [3.05, 3.63) is 78.4 Å². The molecule has 0 unspecified atom stereocenters. The fourth-order valence-electron chi connectivity index (χ4n) is 3.35. The number of nitrogens with one attached hydrogen (secondary N) is 1. The van der Waals surface area contributed by atoms with Gasteiger partial charge in [-0.15, -0.1) is 0 Å². The van der Waals surface area contributed by atoms with Crippen LogP contribution in [0.1, 0.15) is 19.4 Å². The molecule has 3 aromatic rings. The maximum Gasteiger partial charge on any atom is 0.264 e. The summed E-state index contributed by atoms with van der Waals surface area (Å²) in [6.07, 6.45) is 0. The van der Waals surface area contributed by atoms with Crippen LogP contribution in [0.15, 0.2) is 82.8 Å². The number of carbonyl (C=O) groups is 1. The summed E-state index contributed by atoms with van der Waals surface area (Å²) in [5, 5.41) is 4.14. The highest BCUT2D eigenvalue weighted by atomic mass is 32.2. The topological polar surface area (TPSA) is 107 Å². The van der Waals surface area contributed by atoms with Gasteiger partial charge in [0.05, 0.1) is 37.1 Å². The van der Waals surface area contributed by atoms with Crippen LogP contribution in [-0.4, -0.2) is 47.4 Å². The number of hydrogen-bond donors (Lipinski definition) is 1. The van der Waals surface area contributed by atoms with Gasteiger partial charge >= 0.3 is 0 Å². The molecule has 0 aliphatic heterocycles. The zero-order valence-corrected chi connectivity index (χ0v) is 21.4. The average molecular weight is 512 g/mol. The number of methoxy groups -OCH3 is 2. The molecule has 0 saturated heterocycles. The molecule has 0 aliphatic carbocycles. The number of hydrogen-bond acceptors (Lipinski definition) is 7. The molecular weight excluding hydrogens is 482 g/mol. The van der Waals surface area contributed by atoms with E-state index >= 15 is 0 Å². The second-order valence-corrected chi connectivity index (χ2v) is 9.42. The van der Waals surface area contributed by atoms with Crippen molar-refractivity contribution < 1.29 is 27.4 Å². The van der Waals surface area contributed by atoms with E-state index in [1.807, 2.05) is 31.2 Å². The van der Waals surface area contributed by atoms with Gasteiger partial charge in [0.1, 0.15) is 12.3 Å². The molecule has 3 aromatic carbocycles. The van der Waals surface area contributed by atoms with Crippen LogP contribution in [0.2, 0.25) is 0 Å². The third-order valence-corrected chi connectivity index (χ3v) is 6.98. The minimum atomic E-state index is -4.13. The summed E-state index contributed by atoms with van der Waals surface area (Å²) in [5.74, 6) is 0.774. The Kier molecular flexibility index (Phi) is 8.91. The maximum atomic E-state index is 13.6. The Hall–Kier alpha value is -4.05. The number of benzene rings is 3. The minimum Gasteiger partial charge on any atom is -0.494 e. The van der Waals surface area contributed by atoms with Crippen LogP contribution in [0.5, 0.6) is 17.2 Å². The minimum absolute atomic E-state index is 0.0501. The fourth-order valence-corrected chi connectivity index (χ4v) is 4.79. The number of nitrogens with zero attached hydrogens (tertiary/aromatic N) is 2. The van der Waals surface area contributed by atoms with E-state index in [0.717, 1.165) is 15.6 Å². The van der Waals surface area contributed by atoms with Crippen molar-refractivity contribution in [3.8, 4) is 17.2 Å². The number of rotatable bonds is 11. The van der Waals surface area contributed by atoms with Crippen LogP contribution in [0.25, 0.3) is 0 Å². The quantitative estimate of drug-likeness (QED) is 0.310. The fraction of sp³-hybridized carbons (Fsp3) is 0.231. The van der Waals surface area contributed by atoms with Gasteiger partial charge in [0.25, 0.3) is 15.9 Å². The van der Waals surface area contributed by atoms with Gasteiger partial charge in [-0.25, -0.2) is 13.8 Å². The summed E-state index contributed by atoms with van der Waals surface area (Å²) in [7, 11) is -1.25. The van der Waals surface area contributed by atoms with Crippen molar-refractivity contribution in [2.24, 2.45) is 5.10 Å². The lowest BCUT2D eigenvalue weighted by atomic mass is 10.1. The number of anilines is 1. The molecule has 0 fully saturated rings. The van der Waals surface area contributed by atoms with E-state index < -0.39 is 22.5 Å². The molecule has 36 heavy (non-hydrogen) atoms. The monoisotopic (exact) mass is 511 g/mol. The summed E-state index contributed by atoms with van der Waals surface area (Å²) in [5.41, 5.74) is 4.13. The molecule has 9 nitrogen and oxygen atoms in total. The van der Waals surface area contributed by atoms with Crippen molar-refractivity contribution in [3.63, 3.8) is 0 Å². The third-order valence-electron chi connectivity index (χ3n) is 5.21. The number of sulfonamides is 1. The van der Waals surface area contributed by atoms with E-state index in [1.54, 1.807) is 37.3 Å². The predicted octanol–water partition coefficient (Wildman–Crippen LogP) is 3.84. The number of hydrazone groups is 1. The van der Waals surface area contributed by atoms with Crippen molar-refractivity contribution in [1.29, 1.82) is 0 Å². The maximum absolute atomic E-state index is 13.6. The molecule has 0 aliphatic rings. The molecule has 0 atom stereocenters. The second kappa shape index (κ2) is 12.1. The van der Waals surface area contributed by atoms with Crippen molar-refractivity contribution >= 4 is 27.3 Å². The lowest BCUT2D eigenvalue weighted by molar-refractivity contribution is -0.119. The first-order chi connectivity index (χ1) is 17.3. The average Bonchev–Trinajstić information content (AvgIpc) is 2.90. The Morgan fingerprint density at radius 3 is 2.22 bits per heavy atom. The van der Waals surface area contributed by atoms with Crippen LogP contribution in [0.3, 0.4) is 0 Å². The lowest BCUT2D eigenvalue weighted by Gasteiger charge is -2.24. The van der Waals surface area contributed by atoms with Gasteiger partial charge in [-0.05, 0) is 67.9 Å². The smallest absolute Gasteiger partial charge is 0.264 e. The number of amides is 1. The highest BCUT2D eigenvalue weighted by molar-refractivity contribution is 7.92.